The van der Waals surface area contributed by atoms with Gasteiger partial charge in [-0.25, -0.2) is 0 Å². The molecule has 1 aromatic rings. The molecule has 3 N–H and O–H groups in total. The number of benzene rings is 1. The van der Waals surface area contributed by atoms with E-state index in [9.17, 15) is 5.11 Å². The molecule has 0 aliphatic heterocycles. The zero-order valence-corrected chi connectivity index (χ0v) is 10.4. The lowest BCUT2D eigenvalue weighted by atomic mass is 10.2. The van der Waals surface area contributed by atoms with Crippen LogP contribution in [0.5, 0.6) is 5.75 Å². The smallest absolute Gasteiger partial charge is 0.180 e. The second-order valence-electron chi connectivity index (χ2n) is 2.59. The van der Waals surface area contributed by atoms with Gasteiger partial charge in [0.1, 0.15) is 5.75 Å². The van der Waals surface area contributed by atoms with Crippen LogP contribution in [0.4, 0.5) is 0 Å². The van der Waals surface area contributed by atoms with Crippen molar-refractivity contribution in [3.05, 3.63) is 28.2 Å². The molecule has 0 atom stereocenters. The lowest BCUT2D eigenvalue weighted by Gasteiger charge is -1.97. The summed E-state index contributed by atoms with van der Waals surface area (Å²) in [6, 6.07) is 5.06. The number of hydrogen-bond acceptors (Lipinski definition) is 4. The van der Waals surface area contributed by atoms with Crippen LogP contribution in [-0.2, 0) is 0 Å². The molecule has 0 heterocycles. The van der Waals surface area contributed by atoms with Crippen LogP contribution in [0, 0.1) is 0 Å². The first-order valence-electron chi connectivity index (χ1n) is 4.02. The summed E-state index contributed by atoms with van der Waals surface area (Å²) in [5.74, 6) is 0.153. The second kappa shape index (κ2) is 5.77. The molecule has 6 heteroatoms. The SMILES string of the molecule is CS/C(N)=N/N=C/c1cc(Br)ccc1O. The Morgan fingerprint density at radius 1 is 1.60 bits per heavy atom. The van der Waals surface area contributed by atoms with Gasteiger partial charge in [-0.2, -0.15) is 5.10 Å². The van der Waals surface area contributed by atoms with Gasteiger partial charge in [-0.3, -0.25) is 0 Å². The maximum Gasteiger partial charge on any atom is 0.180 e. The molecule has 80 valence electrons. The van der Waals surface area contributed by atoms with Crippen LogP contribution in [0.1, 0.15) is 5.56 Å². The third-order valence-electron chi connectivity index (χ3n) is 1.55. The van der Waals surface area contributed by atoms with Crippen LogP contribution in [0.15, 0.2) is 32.9 Å². The van der Waals surface area contributed by atoms with E-state index in [-0.39, 0.29) is 5.75 Å². The number of nitrogens with two attached hydrogens (primary N) is 1. The fourth-order valence-electron chi connectivity index (χ4n) is 0.818. The molecule has 0 aliphatic rings. The maximum atomic E-state index is 9.46. The van der Waals surface area contributed by atoms with E-state index in [4.69, 9.17) is 5.73 Å². The van der Waals surface area contributed by atoms with Gasteiger partial charge in [-0.05, 0) is 24.5 Å². The van der Waals surface area contributed by atoms with Crippen molar-refractivity contribution in [2.45, 2.75) is 0 Å². The van der Waals surface area contributed by atoms with E-state index in [2.05, 4.69) is 26.1 Å². The molecule has 0 unspecified atom stereocenters. The van der Waals surface area contributed by atoms with Gasteiger partial charge in [0, 0.05) is 10.0 Å². The Balaban J connectivity index is 2.84. The number of phenolic OH excluding ortho intramolecular Hbond substituents is 1. The molecular weight excluding hydrogens is 278 g/mol. The van der Waals surface area contributed by atoms with E-state index in [0.29, 0.717) is 10.7 Å². The summed E-state index contributed by atoms with van der Waals surface area (Å²) < 4.78 is 0.864. The lowest BCUT2D eigenvalue weighted by Crippen LogP contribution is -2.03. The summed E-state index contributed by atoms with van der Waals surface area (Å²) >= 11 is 4.60. The molecule has 0 spiro atoms. The molecule has 0 amide bonds. The van der Waals surface area contributed by atoms with Gasteiger partial charge in [0.15, 0.2) is 5.17 Å². The molecule has 0 radical (unpaired) electrons. The average molecular weight is 288 g/mol. The van der Waals surface area contributed by atoms with Crippen molar-refractivity contribution in [2.75, 3.05) is 6.26 Å². The van der Waals surface area contributed by atoms with Crippen molar-refractivity contribution in [3.63, 3.8) is 0 Å². The van der Waals surface area contributed by atoms with Gasteiger partial charge in [-0.1, -0.05) is 27.7 Å². The van der Waals surface area contributed by atoms with E-state index in [1.165, 1.54) is 18.0 Å². The Kier molecular flexibility index (Phi) is 4.64. The largest absolute Gasteiger partial charge is 0.507 e. The summed E-state index contributed by atoms with van der Waals surface area (Å²) in [7, 11) is 0. The van der Waals surface area contributed by atoms with Crippen molar-refractivity contribution >= 4 is 39.1 Å². The van der Waals surface area contributed by atoms with Crippen molar-refractivity contribution in [1.82, 2.24) is 0 Å². The Labute approximate surface area is 100 Å². The molecule has 0 saturated carbocycles. The monoisotopic (exact) mass is 287 g/mol. The normalized spacial score (nSPS) is 12.3. The minimum atomic E-state index is 0.153. The predicted octanol–water partition coefficient (Wildman–Crippen LogP) is 2.17. The summed E-state index contributed by atoms with van der Waals surface area (Å²) in [6.07, 6.45) is 3.26. The lowest BCUT2D eigenvalue weighted by molar-refractivity contribution is 0.474. The molecule has 0 fully saturated rings. The molecule has 0 bridgehead atoms. The van der Waals surface area contributed by atoms with Crippen LogP contribution in [0.3, 0.4) is 0 Å². The fraction of sp³-hybridized carbons (Fsp3) is 0.111. The zero-order chi connectivity index (χ0) is 11.3. The Hall–Kier alpha value is -1.01. The molecule has 1 aromatic carbocycles. The van der Waals surface area contributed by atoms with Gasteiger partial charge < -0.3 is 10.8 Å². The van der Waals surface area contributed by atoms with Crippen molar-refractivity contribution < 1.29 is 5.11 Å². The van der Waals surface area contributed by atoms with Crippen LogP contribution in [0.2, 0.25) is 0 Å². The summed E-state index contributed by atoms with van der Waals surface area (Å²) in [5, 5.41) is 17.3. The van der Waals surface area contributed by atoms with E-state index in [1.807, 2.05) is 6.26 Å². The number of hydrogen-bond donors (Lipinski definition) is 2. The number of nitrogens with zero attached hydrogens (tertiary/aromatic N) is 2. The highest BCUT2D eigenvalue weighted by molar-refractivity contribution is 9.10. The van der Waals surface area contributed by atoms with E-state index in [0.717, 1.165) is 4.47 Å². The van der Waals surface area contributed by atoms with Gasteiger partial charge in [-0.15, -0.1) is 5.10 Å². The number of thioether (sulfide) groups is 1. The summed E-state index contributed by atoms with van der Waals surface area (Å²) in [5.41, 5.74) is 6.02. The van der Waals surface area contributed by atoms with Gasteiger partial charge in [0.2, 0.25) is 0 Å². The molecule has 1 rings (SSSR count). The Morgan fingerprint density at radius 3 is 3.00 bits per heavy atom. The topological polar surface area (TPSA) is 71.0 Å². The maximum absolute atomic E-state index is 9.46. The fourth-order valence-corrected chi connectivity index (χ4v) is 1.33. The third-order valence-corrected chi connectivity index (χ3v) is 2.55. The third kappa shape index (κ3) is 3.93. The average Bonchev–Trinajstić information content (AvgIpc) is 2.23. The van der Waals surface area contributed by atoms with Gasteiger partial charge >= 0.3 is 0 Å². The quantitative estimate of drug-likeness (QED) is 0.497. The highest BCUT2D eigenvalue weighted by Crippen LogP contribution is 2.19. The van der Waals surface area contributed by atoms with Gasteiger partial charge in [0.25, 0.3) is 0 Å². The number of halogens is 1. The number of phenols is 1. The molecule has 0 saturated heterocycles. The number of aromatic hydroxyl groups is 1. The van der Waals surface area contributed by atoms with E-state index < -0.39 is 0 Å². The molecule has 0 aliphatic carbocycles. The Bertz CT molecular complexity index is 406. The highest BCUT2D eigenvalue weighted by Gasteiger charge is 1.97. The van der Waals surface area contributed by atoms with Crippen LogP contribution in [0.25, 0.3) is 0 Å². The zero-order valence-electron chi connectivity index (χ0n) is 8.01. The van der Waals surface area contributed by atoms with Crippen LogP contribution in [-0.4, -0.2) is 22.7 Å². The van der Waals surface area contributed by atoms with Crippen molar-refractivity contribution in [2.24, 2.45) is 15.9 Å². The van der Waals surface area contributed by atoms with Crippen molar-refractivity contribution in [1.29, 1.82) is 0 Å². The van der Waals surface area contributed by atoms with Crippen LogP contribution < -0.4 is 5.73 Å². The first-order valence-corrected chi connectivity index (χ1v) is 6.04. The van der Waals surface area contributed by atoms with Crippen molar-refractivity contribution in [3.8, 4) is 5.75 Å². The number of rotatable bonds is 2. The van der Waals surface area contributed by atoms with E-state index in [1.54, 1.807) is 18.2 Å². The standard InChI is InChI=1S/C9H10BrN3OS/c1-15-9(11)13-12-5-6-4-7(10)2-3-8(6)14/h2-5,14H,1H3,(H2,11,13)/b12-5+. The predicted molar refractivity (Wildman–Crippen MR) is 68.5 cm³/mol. The van der Waals surface area contributed by atoms with Gasteiger partial charge in [0.05, 0.1) is 6.21 Å². The molecule has 4 nitrogen and oxygen atoms in total. The minimum Gasteiger partial charge on any atom is -0.507 e. The minimum absolute atomic E-state index is 0.153. The number of amidine groups is 1. The first-order chi connectivity index (χ1) is 7.13. The van der Waals surface area contributed by atoms with Crippen LogP contribution >= 0.6 is 27.7 Å². The molecule has 0 aromatic heterocycles. The van der Waals surface area contributed by atoms with E-state index >= 15 is 0 Å². The summed E-state index contributed by atoms with van der Waals surface area (Å²) in [4.78, 5) is 0. The molecule has 15 heavy (non-hydrogen) atoms. The second-order valence-corrected chi connectivity index (χ2v) is 4.33. The first kappa shape index (κ1) is 12.1. The summed E-state index contributed by atoms with van der Waals surface area (Å²) in [6.45, 7) is 0. The Morgan fingerprint density at radius 2 is 2.33 bits per heavy atom. The molecular formula is C9H10BrN3OS. The highest BCUT2D eigenvalue weighted by atomic mass is 79.9.